The molecule has 1 aromatic carbocycles. The van der Waals surface area contributed by atoms with Crippen molar-refractivity contribution in [2.45, 2.75) is 0 Å². The first-order valence-electron chi connectivity index (χ1n) is 4.59. The molecule has 2 aromatic rings. The van der Waals surface area contributed by atoms with Gasteiger partial charge in [-0.05, 0) is 6.07 Å². The first-order chi connectivity index (χ1) is 8.58. The highest BCUT2D eigenvalue weighted by molar-refractivity contribution is 7.13. The topological polar surface area (TPSA) is 98.0 Å². The second kappa shape index (κ2) is 5.07. The number of rotatable bonds is 3. The molecular weight excluding hydrogens is 280 g/mol. The predicted molar refractivity (Wildman–Crippen MR) is 66.0 cm³/mol. The summed E-state index contributed by atoms with van der Waals surface area (Å²) in [4.78, 5) is 21.8. The number of carbonyl (C=O) groups is 1. The molecule has 0 saturated carbocycles. The summed E-state index contributed by atoms with van der Waals surface area (Å²) < 4.78 is 0. The molecule has 92 valence electrons. The fraction of sp³-hybridized carbons (Fsp3) is 0. The van der Waals surface area contributed by atoms with Gasteiger partial charge in [-0.25, -0.2) is 0 Å². The molecule has 7 nitrogen and oxygen atoms in total. The SMILES string of the molecule is O=C(Nc1nncs1)c1cc([N+](=O)[O-])ccc1Cl. The van der Waals surface area contributed by atoms with E-state index in [1.54, 1.807) is 0 Å². The van der Waals surface area contributed by atoms with Crippen molar-refractivity contribution in [3.63, 3.8) is 0 Å². The third-order valence-corrected chi connectivity index (χ3v) is 2.92. The zero-order chi connectivity index (χ0) is 13.1. The summed E-state index contributed by atoms with van der Waals surface area (Å²) in [5, 5.41) is 20.7. The summed E-state index contributed by atoms with van der Waals surface area (Å²) in [6, 6.07) is 3.64. The fourth-order valence-electron chi connectivity index (χ4n) is 1.19. The van der Waals surface area contributed by atoms with Crippen molar-refractivity contribution >= 4 is 39.7 Å². The van der Waals surface area contributed by atoms with E-state index in [0.717, 1.165) is 17.4 Å². The van der Waals surface area contributed by atoms with Gasteiger partial charge in [0.25, 0.3) is 11.6 Å². The van der Waals surface area contributed by atoms with Gasteiger partial charge in [-0.2, -0.15) is 0 Å². The molecule has 0 unspecified atom stereocenters. The Morgan fingerprint density at radius 1 is 1.50 bits per heavy atom. The maximum Gasteiger partial charge on any atom is 0.270 e. The van der Waals surface area contributed by atoms with E-state index in [-0.39, 0.29) is 16.3 Å². The van der Waals surface area contributed by atoms with E-state index >= 15 is 0 Å². The van der Waals surface area contributed by atoms with Crippen LogP contribution in [-0.2, 0) is 0 Å². The van der Waals surface area contributed by atoms with E-state index in [1.165, 1.54) is 17.6 Å². The second-order valence-electron chi connectivity index (χ2n) is 3.12. The average molecular weight is 285 g/mol. The fourth-order valence-corrected chi connectivity index (χ4v) is 1.84. The minimum Gasteiger partial charge on any atom is -0.296 e. The zero-order valence-electron chi connectivity index (χ0n) is 8.66. The third-order valence-electron chi connectivity index (χ3n) is 1.99. The van der Waals surface area contributed by atoms with Gasteiger partial charge in [-0.1, -0.05) is 22.9 Å². The number of nitro benzene ring substituents is 1. The highest BCUT2D eigenvalue weighted by Crippen LogP contribution is 2.23. The van der Waals surface area contributed by atoms with Gasteiger partial charge in [-0.3, -0.25) is 20.2 Å². The molecule has 2 rings (SSSR count). The lowest BCUT2D eigenvalue weighted by Gasteiger charge is -2.03. The molecule has 1 amide bonds. The standard InChI is InChI=1S/C9H5ClN4O3S/c10-7-2-1-5(14(16)17)3-6(7)8(15)12-9-13-11-4-18-9/h1-4H,(H,12,13,15). The summed E-state index contributed by atoms with van der Waals surface area (Å²) in [6.45, 7) is 0. The number of benzene rings is 1. The smallest absolute Gasteiger partial charge is 0.270 e. The minimum atomic E-state index is -0.599. The van der Waals surface area contributed by atoms with Crippen molar-refractivity contribution in [1.82, 2.24) is 10.2 Å². The molecule has 0 radical (unpaired) electrons. The highest BCUT2D eigenvalue weighted by Gasteiger charge is 2.16. The minimum absolute atomic E-state index is 0.0149. The van der Waals surface area contributed by atoms with Crippen LogP contribution in [0.1, 0.15) is 10.4 Å². The van der Waals surface area contributed by atoms with Crippen LogP contribution in [-0.4, -0.2) is 21.0 Å². The monoisotopic (exact) mass is 284 g/mol. The Hall–Kier alpha value is -2.06. The van der Waals surface area contributed by atoms with Crippen LogP contribution in [0.4, 0.5) is 10.8 Å². The first kappa shape index (κ1) is 12.4. The Morgan fingerprint density at radius 3 is 2.89 bits per heavy atom. The van der Waals surface area contributed by atoms with Gasteiger partial charge in [0, 0.05) is 12.1 Å². The molecule has 0 bridgehead atoms. The van der Waals surface area contributed by atoms with Crippen LogP contribution in [0.3, 0.4) is 0 Å². The molecule has 1 aromatic heterocycles. The maximum absolute atomic E-state index is 11.8. The molecule has 0 saturated heterocycles. The molecule has 0 fully saturated rings. The Bertz CT molecular complexity index is 602. The Morgan fingerprint density at radius 2 is 2.28 bits per heavy atom. The number of amides is 1. The number of hydrogen-bond donors (Lipinski definition) is 1. The second-order valence-corrected chi connectivity index (χ2v) is 4.36. The lowest BCUT2D eigenvalue weighted by atomic mass is 10.2. The summed E-state index contributed by atoms with van der Waals surface area (Å²) >= 11 is 6.95. The normalized spacial score (nSPS) is 10.1. The maximum atomic E-state index is 11.8. The van der Waals surface area contributed by atoms with Crippen LogP contribution in [0.2, 0.25) is 5.02 Å². The lowest BCUT2D eigenvalue weighted by molar-refractivity contribution is -0.384. The summed E-state index contributed by atoms with van der Waals surface area (Å²) in [5.74, 6) is -0.569. The van der Waals surface area contributed by atoms with Crippen molar-refractivity contribution in [1.29, 1.82) is 0 Å². The van der Waals surface area contributed by atoms with Gasteiger partial charge in [0.2, 0.25) is 5.13 Å². The molecule has 0 aliphatic rings. The summed E-state index contributed by atoms with van der Waals surface area (Å²) in [6.07, 6.45) is 0. The van der Waals surface area contributed by atoms with Gasteiger partial charge in [0.15, 0.2) is 0 Å². The number of hydrogen-bond acceptors (Lipinski definition) is 6. The number of anilines is 1. The van der Waals surface area contributed by atoms with E-state index < -0.39 is 10.8 Å². The molecule has 0 aliphatic heterocycles. The van der Waals surface area contributed by atoms with Crippen LogP contribution < -0.4 is 5.32 Å². The van der Waals surface area contributed by atoms with Gasteiger partial charge in [-0.15, -0.1) is 10.2 Å². The molecule has 0 atom stereocenters. The van der Waals surface area contributed by atoms with Gasteiger partial charge in [0.05, 0.1) is 15.5 Å². The molecule has 18 heavy (non-hydrogen) atoms. The van der Waals surface area contributed by atoms with E-state index in [9.17, 15) is 14.9 Å². The highest BCUT2D eigenvalue weighted by atomic mass is 35.5. The number of halogens is 1. The molecular formula is C9H5ClN4O3S. The average Bonchev–Trinajstić information content (AvgIpc) is 2.81. The van der Waals surface area contributed by atoms with Gasteiger partial charge in [0.1, 0.15) is 5.51 Å². The Kier molecular flexibility index (Phi) is 3.49. The van der Waals surface area contributed by atoms with E-state index in [0.29, 0.717) is 5.13 Å². The zero-order valence-corrected chi connectivity index (χ0v) is 10.2. The van der Waals surface area contributed by atoms with E-state index in [4.69, 9.17) is 11.6 Å². The van der Waals surface area contributed by atoms with Crippen molar-refractivity contribution in [3.8, 4) is 0 Å². The quantitative estimate of drug-likeness (QED) is 0.689. The van der Waals surface area contributed by atoms with E-state index in [2.05, 4.69) is 15.5 Å². The molecule has 1 heterocycles. The van der Waals surface area contributed by atoms with Crippen LogP contribution in [0.15, 0.2) is 23.7 Å². The summed E-state index contributed by atoms with van der Waals surface area (Å²) in [7, 11) is 0. The largest absolute Gasteiger partial charge is 0.296 e. The Balaban J connectivity index is 2.29. The number of nitrogens with zero attached hydrogens (tertiary/aromatic N) is 3. The predicted octanol–water partition coefficient (Wildman–Crippen LogP) is 2.35. The number of nitrogens with one attached hydrogen (secondary N) is 1. The number of carbonyl (C=O) groups excluding carboxylic acids is 1. The number of nitro groups is 1. The number of aromatic nitrogens is 2. The third kappa shape index (κ3) is 2.60. The van der Waals surface area contributed by atoms with Crippen LogP contribution >= 0.6 is 22.9 Å². The molecule has 9 heteroatoms. The molecule has 0 spiro atoms. The molecule has 1 N–H and O–H groups in total. The molecule has 0 aliphatic carbocycles. The van der Waals surface area contributed by atoms with Crippen molar-refractivity contribution in [2.75, 3.05) is 5.32 Å². The van der Waals surface area contributed by atoms with Gasteiger partial charge < -0.3 is 0 Å². The van der Waals surface area contributed by atoms with Crippen molar-refractivity contribution in [2.24, 2.45) is 0 Å². The van der Waals surface area contributed by atoms with E-state index in [1.807, 2.05) is 0 Å². The van der Waals surface area contributed by atoms with Crippen LogP contribution in [0.5, 0.6) is 0 Å². The van der Waals surface area contributed by atoms with Crippen LogP contribution in [0, 0.1) is 10.1 Å². The first-order valence-corrected chi connectivity index (χ1v) is 5.85. The Labute approximate surface area is 110 Å². The summed E-state index contributed by atoms with van der Waals surface area (Å²) in [5.41, 5.74) is 1.26. The van der Waals surface area contributed by atoms with Crippen molar-refractivity contribution < 1.29 is 9.72 Å². The van der Waals surface area contributed by atoms with Crippen molar-refractivity contribution in [3.05, 3.63) is 44.4 Å². The van der Waals surface area contributed by atoms with Gasteiger partial charge >= 0.3 is 0 Å². The number of non-ortho nitro benzene ring substituents is 1. The van der Waals surface area contributed by atoms with Crippen LogP contribution in [0.25, 0.3) is 0 Å². The lowest BCUT2D eigenvalue weighted by Crippen LogP contribution is -2.12.